The van der Waals surface area contributed by atoms with Crippen LogP contribution in [-0.2, 0) is 11.3 Å². The Labute approximate surface area is 206 Å². The molecule has 9 heteroatoms. The van der Waals surface area contributed by atoms with Crippen molar-refractivity contribution in [2.75, 3.05) is 51.0 Å². The average molecular weight is 486 g/mol. The Balaban J connectivity index is 1.84. The van der Waals surface area contributed by atoms with E-state index in [1.807, 2.05) is 43.9 Å². The van der Waals surface area contributed by atoms with Gasteiger partial charge in [-0.15, -0.1) is 0 Å². The molecule has 0 N–H and O–H groups in total. The topological polar surface area (TPSA) is 94.4 Å². The molecule has 1 saturated heterocycles. The summed E-state index contributed by atoms with van der Waals surface area (Å²) >= 11 is 0. The number of nitrogens with zero attached hydrogens (tertiary/aromatic N) is 3. The van der Waals surface area contributed by atoms with Gasteiger partial charge in [-0.25, -0.2) is 0 Å². The Kier molecular flexibility index (Phi) is 9.72. The van der Waals surface area contributed by atoms with Crippen LogP contribution in [0.2, 0.25) is 0 Å². The highest BCUT2D eigenvalue weighted by Crippen LogP contribution is 2.32. The van der Waals surface area contributed by atoms with Gasteiger partial charge in [0.1, 0.15) is 5.69 Å². The van der Waals surface area contributed by atoms with Crippen LogP contribution in [0.3, 0.4) is 0 Å². The summed E-state index contributed by atoms with van der Waals surface area (Å²) in [6, 6.07) is 10.4. The quantitative estimate of drug-likeness (QED) is 0.318. The largest absolute Gasteiger partial charge is 0.490 e. The second-order valence-corrected chi connectivity index (χ2v) is 8.35. The van der Waals surface area contributed by atoms with Gasteiger partial charge in [-0.3, -0.25) is 14.9 Å². The standard InChI is InChI=1S/C26H35N3O6/c1-4-11-28(19-20-7-10-24(35-14-5-2)25(17-20)34-6-3)26(30)21-8-9-22(23(18-21)29(31)32)27-12-15-33-16-13-27/h7-10,17-18H,4-6,11-16,19H2,1-3H3. The molecule has 9 nitrogen and oxygen atoms in total. The lowest BCUT2D eigenvalue weighted by Crippen LogP contribution is -2.36. The number of hydrogen-bond donors (Lipinski definition) is 0. The number of amides is 1. The molecule has 3 rings (SSSR count). The molecule has 0 atom stereocenters. The number of anilines is 1. The lowest BCUT2D eigenvalue weighted by Gasteiger charge is -2.29. The highest BCUT2D eigenvalue weighted by atomic mass is 16.6. The van der Waals surface area contributed by atoms with Crippen LogP contribution in [0.1, 0.15) is 49.5 Å². The number of nitro groups is 1. The minimum absolute atomic E-state index is 0.0646. The molecule has 1 amide bonds. The summed E-state index contributed by atoms with van der Waals surface area (Å²) in [6.45, 7) is 10.1. The molecule has 190 valence electrons. The molecule has 2 aromatic carbocycles. The van der Waals surface area contributed by atoms with E-state index >= 15 is 0 Å². The molecule has 1 heterocycles. The van der Waals surface area contributed by atoms with Gasteiger partial charge in [0.15, 0.2) is 11.5 Å². The fourth-order valence-corrected chi connectivity index (χ4v) is 4.05. The maximum absolute atomic E-state index is 13.4. The van der Waals surface area contributed by atoms with Crippen LogP contribution in [0.25, 0.3) is 0 Å². The number of nitro benzene ring substituents is 1. The maximum Gasteiger partial charge on any atom is 0.293 e. The lowest BCUT2D eigenvalue weighted by atomic mass is 10.1. The predicted octanol–water partition coefficient (Wildman–Crippen LogP) is 4.67. The van der Waals surface area contributed by atoms with Gasteiger partial charge >= 0.3 is 0 Å². The van der Waals surface area contributed by atoms with Crippen molar-refractivity contribution in [3.8, 4) is 11.5 Å². The molecule has 0 bridgehead atoms. The first-order chi connectivity index (χ1) is 17.0. The van der Waals surface area contributed by atoms with Gasteiger partial charge in [0.2, 0.25) is 0 Å². The van der Waals surface area contributed by atoms with Crippen molar-refractivity contribution in [1.29, 1.82) is 0 Å². The van der Waals surface area contributed by atoms with E-state index in [1.54, 1.807) is 17.0 Å². The zero-order valence-electron chi connectivity index (χ0n) is 20.8. The van der Waals surface area contributed by atoms with Crippen molar-refractivity contribution in [2.45, 2.75) is 40.2 Å². The van der Waals surface area contributed by atoms with Crippen molar-refractivity contribution in [3.63, 3.8) is 0 Å². The first kappa shape index (κ1) is 26.3. The minimum Gasteiger partial charge on any atom is -0.490 e. The number of hydrogen-bond acceptors (Lipinski definition) is 7. The van der Waals surface area contributed by atoms with Crippen LogP contribution in [0.4, 0.5) is 11.4 Å². The minimum atomic E-state index is -0.422. The van der Waals surface area contributed by atoms with Crippen molar-refractivity contribution >= 4 is 17.3 Å². The molecule has 1 aliphatic heterocycles. The molecule has 0 aliphatic carbocycles. The summed E-state index contributed by atoms with van der Waals surface area (Å²) in [4.78, 5) is 28.5. The second-order valence-electron chi connectivity index (χ2n) is 8.35. The van der Waals surface area contributed by atoms with E-state index < -0.39 is 4.92 Å². The van der Waals surface area contributed by atoms with Crippen LogP contribution in [-0.4, -0.2) is 61.8 Å². The number of benzene rings is 2. The van der Waals surface area contributed by atoms with E-state index in [0.717, 1.165) is 18.4 Å². The second kappa shape index (κ2) is 12.9. The monoisotopic (exact) mass is 485 g/mol. The molecule has 0 unspecified atom stereocenters. The van der Waals surface area contributed by atoms with E-state index in [2.05, 4.69) is 0 Å². The van der Waals surface area contributed by atoms with E-state index in [9.17, 15) is 14.9 Å². The Bertz CT molecular complexity index is 1010. The van der Waals surface area contributed by atoms with Gasteiger partial charge in [0.05, 0.1) is 31.4 Å². The number of ether oxygens (including phenoxy) is 3. The van der Waals surface area contributed by atoms with E-state index in [1.165, 1.54) is 6.07 Å². The normalized spacial score (nSPS) is 13.4. The van der Waals surface area contributed by atoms with Gasteiger partial charge in [0, 0.05) is 37.8 Å². The van der Waals surface area contributed by atoms with Crippen LogP contribution < -0.4 is 14.4 Å². The molecule has 0 aromatic heterocycles. The summed E-state index contributed by atoms with van der Waals surface area (Å²) in [6.07, 6.45) is 1.65. The third-order valence-corrected chi connectivity index (χ3v) is 5.69. The van der Waals surface area contributed by atoms with Gasteiger partial charge in [-0.2, -0.15) is 0 Å². The highest BCUT2D eigenvalue weighted by molar-refractivity contribution is 5.95. The van der Waals surface area contributed by atoms with Gasteiger partial charge in [-0.1, -0.05) is 19.9 Å². The van der Waals surface area contributed by atoms with Crippen molar-refractivity contribution < 1.29 is 23.9 Å². The van der Waals surface area contributed by atoms with Crippen LogP contribution in [0.15, 0.2) is 36.4 Å². The maximum atomic E-state index is 13.4. The molecule has 35 heavy (non-hydrogen) atoms. The van der Waals surface area contributed by atoms with Crippen molar-refractivity contribution in [1.82, 2.24) is 4.90 Å². The zero-order valence-corrected chi connectivity index (χ0v) is 20.8. The van der Waals surface area contributed by atoms with Crippen LogP contribution in [0, 0.1) is 10.1 Å². The molecule has 1 aliphatic rings. The van der Waals surface area contributed by atoms with Gasteiger partial charge in [-0.05, 0) is 49.6 Å². The van der Waals surface area contributed by atoms with Gasteiger partial charge in [0.25, 0.3) is 11.6 Å². The average Bonchev–Trinajstić information content (AvgIpc) is 2.88. The van der Waals surface area contributed by atoms with Crippen LogP contribution >= 0.6 is 0 Å². The number of carbonyl (C=O) groups is 1. The third kappa shape index (κ3) is 6.85. The van der Waals surface area contributed by atoms with Crippen LogP contribution in [0.5, 0.6) is 11.5 Å². The van der Waals surface area contributed by atoms with E-state index in [0.29, 0.717) is 75.4 Å². The highest BCUT2D eigenvalue weighted by Gasteiger charge is 2.25. The number of carbonyl (C=O) groups excluding carboxylic acids is 1. The molecule has 2 aromatic rings. The molecular formula is C26H35N3O6. The molecular weight excluding hydrogens is 450 g/mol. The Morgan fingerprint density at radius 1 is 1.06 bits per heavy atom. The van der Waals surface area contributed by atoms with Gasteiger partial charge < -0.3 is 24.0 Å². The number of rotatable bonds is 12. The third-order valence-electron chi connectivity index (χ3n) is 5.69. The summed E-state index contributed by atoms with van der Waals surface area (Å²) in [5, 5.41) is 11.8. The van der Waals surface area contributed by atoms with Crippen molar-refractivity contribution in [3.05, 3.63) is 57.6 Å². The first-order valence-corrected chi connectivity index (χ1v) is 12.3. The lowest BCUT2D eigenvalue weighted by molar-refractivity contribution is -0.384. The summed E-state index contributed by atoms with van der Waals surface area (Å²) in [5.41, 5.74) is 1.65. The SMILES string of the molecule is CCCOc1ccc(CN(CCC)C(=O)c2ccc(N3CCOCC3)c([N+](=O)[O-])c2)cc1OCC. The van der Waals surface area contributed by atoms with E-state index in [-0.39, 0.29) is 11.6 Å². The molecule has 0 spiro atoms. The summed E-state index contributed by atoms with van der Waals surface area (Å²) < 4.78 is 16.9. The predicted molar refractivity (Wildman–Crippen MR) is 135 cm³/mol. The number of morpholine rings is 1. The smallest absolute Gasteiger partial charge is 0.293 e. The van der Waals surface area contributed by atoms with Crippen molar-refractivity contribution in [2.24, 2.45) is 0 Å². The summed E-state index contributed by atoms with van der Waals surface area (Å²) in [5.74, 6) is 1.08. The molecule has 0 radical (unpaired) electrons. The molecule has 0 saturated carbocycles. The first-order valence-electron chi connectivity index (χ1n) is 12.3. The zero-order chi connectivity index (χ0) is 25.2. The molecule has 1 fully saturated rings. The Morgan fingerprint density at radius 3 is 2.49 bits per heavy atom. The fourth-order valence-electron chi connectivity index (χ4n) is 4.05. The fraction of sp³-hybridized carbons (Fsp3) is 0.500. The Hall–Kier alpha value is -3.33. The summed E-state index contributed by atoms with van der Waals surface area (Å²) in [7, 11) is 0. The van der Waals surface area contributed by atoms with E-state index in [4.69, 9.17) is 14.2 Å². The Morgan fingerprint density at radius 2 is 1.83 bits per heavy atom.